The predicted molar refractivity (Wildman–Crippen MR) is 78.0 cm³/mol. The molecule has 1 aromatic heterocycles. The van der Waals surface area contributed by atoms with Crippen molar-refractivity contribution in [2.24, 2.45) is 0 Å². The van der Waals surface area contributed by atoms with Crippen molar-refractivity contribution in [1.29, 1.82) is 0 Å². The van der Waals surface area contributed by atoms with Crippen LogP contribution in [0.5, 0.6) is 0 Å². The van der Waals surface area contributed by atoms with Crippen LogP contribution in [-0.4, -0.2) is 20.7 Å². The molecule has 0 saturated carbocycles. The summed E-state index contributed by atoms with van der Waals surface area (Å²) in [5, 5.41) is 10.5. The van der Waals surface area contributed by atoms with Crippen LogP contribution in [0.4, 0.5) is 0 Å². The molecule has 1 atom stereocenters. The summed E-state index contributed by atoms with van der Waals surface area (Å²) in [7, 11) is 0. The van der Waals surface area contributed by atoms with Gasteiger partial charge < -0.3 is 4.57 Å². The van der Waals surface area contributed by atoms with Gasteiger partial charge in [-0.1, -0.05) is 12.1 Å². The molecule has 1 unspecified atom stereocenters. The van der Waals surface area contributed by atoms with E-state index in [1.54, 1.807) is 6.92 Å². The summed E-state index contributed by atoms with van der Waals surface area (Å²) in [4.78, 5) is 11.3. The molecule has 0 fully saturated rings. The second-order valence-electron chi connectivity index (χ2n) is 5.09. The van der Waals surface area contributed by atoms with Gasteiger partial charge in [0.1, 0.15) is 0 Å². The number of carbonyl (C=O) groups is 1. The Hall–Kier alpha value is -2.07. The number of benzene rings is 1. The van der Waals surface area contributed by atoms with E-state index < -0.39 is 0 Å². The van der Waals surface area contributed by atoms with E-state index in [0.717, 1.165) is 27.7 Å². The van der Waals surface area contributed by atoms with E-state index in [-0.39, 0.29) is 11.9 Å². The molecule has 2 aromatic rings. The minimum Gasteiger partial charge on any atom is -0.319 e. The molecular weight excluding hydrogens is 252 g/mol. The van der Waals surface area contributed by atoms with Gasteiger partial charge in [0.05, 0.1) is 6.04 Å². The van der Waals surface area contributed by atoms with Crippen molar-refractivity contribution in [3.63, 3.8) is 0 Å². The van der Waals surface area contributed by atoms with Crippen LogP contribution < -0.4 is 0 Å². The number of hydrogen-bond acceptors (Lipinski definition) is 2. The topological polar surface area (TPSA) is 45.5 Å². The van der Waals surface area contributed by atoms with Crippen LogP contribution >= 0.6 is 0 Å². The van der Waals surface area contributed by atoms with Gasteiger partial charge in [-0.2, -0.15) is 0 Å². The van der Waals surface area contributed by atoms with Gasteiger partial charge in [-0.3, -0.25) is 10.0 Å². The van der Waals surface area contributed by atoms with E-state index in [1.165, 1.54) is 6.92 Å². The van der Waals surface area contributed by atoms with E-state index in [0.29, 0.717) is 0 Å². The van der Waals surface area contributed by atoms with Crippen LogP contribution in [0, 0.1) is 13.8 Å². The molecule has 1 amide bonds. The number of carbonyl (C=O) groups excluding carboxylic acids is 1. The van der Waals surface area contributed by atoms with E-state index in [4.69, 9.17) is 0 Å². The highest BCUT2D eigenvalue weighted by Gasteiger charge is 2.17. The number of hydroxylamine groups is 2. The van der Waals surface area contributed by atoms with E-state index in [9.17, 15) is 10.0 Å². The molecule has 1 heterocycles. The first kappa shape index (κ1) is 14.3. The lowest BCUT2D eigenvalue weighted by molar-refractivity contribution is -0.172. The fourth-order valence-corrected chi connectivity index (χ4v) is 2.41. The van der Waals surface area contributed by atoms with Crippen molar-refractivity contribution in [3.05, 3.63) is 53.3 Å². The van der Waals surface area contributed by atoms with E-state index in [1.807, 2.05) is 24.3 Å². The predicted octanol–water partition coefficient (Wildman–Crippen LogP) is 3.39. The third-order valence-electron chi connectivity index (χ3n) is 3.57. The van der Waals surface area contributed by atoms with Crippen molar-refractivity contribution < 1.29 is 10.0 Å². The summed E-state index contributed by atoms with van der Waals surface area (Å²) in [6.45, 7) is 7.25. The Labute approximate surface area is 119 Å². The normalized spacial score (nSPS) is 12.2. The number of nitrogens with zero attached hydrogens (tertiary/aromatic N) is 2. The monoisotopic (exact) mass is 272 g/mol. The molecule has 4 nitrogen and oxygen atoms in total. The molecule has 106 valence electrons. The third kappa shape index (κ3) is 2.60. The summed E-state index contributed by atoms with van der Waals surface area (Å²) in [6, 6.07) is 11.6. The van der Waals surface area contributed by atoms with Crippen molar-refractivity contribution in [2.75, 3.05) is 0 Å². The molecule has 20 heavy (non-hydrogen) atoms. The molecule has 2 rings (SSSR count). The minimum absolute atomic E-state index is 0.365. The fraction of sp³-hybridized carbons (Fsp3) is 0.312. The molecular formula is C16H20N2O2. The van der Waals surface area contributed by atoms with E-state index >= 15 is 0 Å². The molecule has 1 N–H and O–H groups in total. The van der Waals surface area contributed by atoms with Gasteiger partial charge in [0, 0.05) is 24.0 Å². The van der Waals surface area contributed by atoms with Gasteiger partial charge in [0.2, 0.25) is 5.91 Å². The Morgan fingerprint density at radius 3 is 2.35 bits per heavy atom. The number of hydrogen-bond donors (Lipinski definition) is 1. The Kier molecular flexibility index (Phi) is 3.95. The van der Waals surface area contributed by atoms with Crippen molar-refractivity contribution in [2.45, 2.75) is 33.7 Å². The van der Waals surface area contributed by atoms with Crippen molar-refractivity contribution in [3.8, 4) is 5.69 Å². The van der Waals surface area contributed by atoms with Crippen LogP contribution in [0.2, 0.25) is 0 Å². The molecule has 0 aliphatic carbocycles. The average Bonchev–Trinajstić information content (AvgIpc) is 2.76. The smallest absolute Gasteiger partial charge is 0.243 e. The molecule has 4 heteroatoms. The number of aryl methyl sites for hydroxylation is 2. The van der Waals surface area contributed by atoms with Crippen LogP contribution in [0.25, 0.3) is 5.69 Å². The Balaban J connectivity index is 2.41. The standard InChI is InChI=1S/C16H20N2O2/c1-11-8-9-12(2)17(11)16-7-5-6-15(10-16)13(3)18(20)14(4)19/h5-10,13,20H,1-4H3. The quantitative estimate of drug-likeness (QED) is 0.687. The summed E-state index contributed by atoms with van der Waals surface area (Å²) in [5.74, 6) is -0.365. The molecule has 0 aliphatic rings. The highest BCUT2D eigenvalue weighted by Crippen LogP contribution is 2.23. The van der Waals surface area contributed by atoms with Gasteiger partial charge in [-0.05, 0) is 50.6 Å². The lowest BCUT2D eigenvalue weighted by Crippen LogP contribution is -2.27. The lowest BCUT2D eigenvalue weighted by Gasteiger charge is -2.22. The Bertz CT molecular complexity index is 612. The number of amides is 1. The van der Waals surface area contributed by atoms with E-state index in [2.05, 4.69) is 30.5 Å². The van der Waals surface area contributed by atoms with Gasteiger partial charge in [-0.25, -0.2) is 5.06 Å². The molecule has 0 saturated heterocycles. The maximum atomic E-state index is 11.3. The first-order valence-corrected chi connectivity index (χ1v) is 6.65. The van der Waals surface area contributed by atoms with Gasteiger partial charge >= 0.3 is 0 Å². The highest BCUT2D eigenvalue weighted by atomic mass is 16.5. The fourth-order valence-electron chi connectivity index (χ4n) is 2.41. The highest BCUT2D eigenvalue weighted by molar-refractivity contribution is 5.72. The maximum absolute atomic E-state index is 11.3. The summed E-state index contributed by atoms with van der Waals surface area (Å²) in [5.41, 5.74) is 4.23. The number of aromatic nitrogens is 1. The number of rotatable bonds is 3. The average molecular weight is 272 g/mol. The first-order chi connectivity index (χ1) is 9.41. The second kappa shape index (κ2) is 5.51. The van der Waals surface area contributed by atoms with Crippen LogP contribution in [0.15, 0.2) is 36.4 Å². The van der Waals surface area contributed by atoms with Gasteiger partial charge in [0.15, 0.2) is 0 Å². The zero-order valence-corrected chi connectivity index (χ0v) is 12.3. The first-order valence-electron chi connectivity index (χ1n) is 6.65. The zero-order chi connectivity index (χ0) is 14.9. The van der Waals surface area contributed by atoms with Gasteiger partial charge in [0.25, 0.3) is 0 Å². The van der Waals surface area contributed by atoms with Crippen molar-refractivity contribution in [1.82, 2.24) is 9.63 Å². The summed E-state index contributed by atoms with van der Waals surface area (Å²) < 4.78 is 2.14. The molecule has 0 bridgehead atoms. The lowest BCUT2D eigenvalue weighted by atomic mass is 10.1. The Morgan fingerprint density at radius 1 is 1.20 bits per heavy atom. The minimum atomic E-state index is -0.372. The molecule has 0 radical (unpaired) electrons. The van der Waals surface area contributed by atoms with Crippen LogP contribution in [0.1, 0.15) is 36.8 Å². The molecule has 0 spiro atoms. The largest absolute Gasteiger partial charge is 0.319 e. The third-order valence-corrected chi connectivity index (χ3v) is 3.57. The molecule has 0 aliphatic heterocycles. The maximum Gasteiger partial charge on any atom is 0.243 e. The summed E-state index contributed by atoms with van der Waals surface area (Å²) in [6.07, 6.45) is 0. The SMILES string of the molecule is CC(=O)N(O)C(C)c1cccc(-n2c(C)ccc2C)c1. The van der Waals surface area contributed by atoms with Gasteiger partial charge in [-0.15, -0.1) is 0 Å². The second-order valence-corrected chi connectivity index (χ2v) is 5.09. The summed E-state index contributed by atoms with van der Waals surface area (Å²) >= 11 is 0. The van der Waals surface area contributed by atoms with Crippen molar-refractivity contribution >= 4 is 5.91 Å². The zero-order valence-electron chi connectivity index (χ0n) is 12.3. The van der Waals surface area contributed by atoms with Crippen LogP contribution in [-0.2, 0) is 4.79 Å². The molecule has 1 aromatic carbocycles. The Morgan fingerprint density at radius 2 is 1.80 bits per heavy atom. The van der Waals surface area contributed by atoms with Crippen LogP contribution in [0.3, 0.4) is 0 Å².